The molecule has 0 bridgehead atoms. The van der Waals surface area contributed by atoms with E-state index in [1.807, 2.05) is 6.07 Å². The van der Waals surface area contributed by atoms with Crippen LogP contribution in [0.25, 0.3) is 0 Å². The number of amides is 2. The molecule has 0 radical (unpaired) electrons. The van der Waals surface area contributed by atoms with Crippen molar-refractivity contribution in [2.45, 2.75) is 12.8 Å². The molecule has 116 valence electrons. The first-order valence-corrected chi connectivity index (χ1v) is 6.88. The number of piperidine rings is 1. The average molecular weight is 305 g/mol. The summed E-state index contributed by atoms with van der Waals surface area (Å²) in [4.78, 5) is 25.2. The third-order valence-corrected chi connectivity index (χ3v) is 3.66. The molecular formula is C15H16FN3O3. The first-order chi connectivity index (χ1) is 10.5. The Morgan fingerprint density at radius 3 is 2.68 bits per heavy atom. The number of benzene rings is 1. The van der Waals surface area contributed by atoms with E-state index in [4.69, 9.17) is 10.00 Å². The second-order valence-electron chi connectivity index (χ2n) is 5.02. The number of esters is 1. The van der Waals surface area contributed by atoms with Gasteiger partial charge in [0.2, 0.25) is 0 Å². The standard InChI is InChI=1S/C15H16FN3O3/c1-22-14(20)10-4-6-19(7-5-10)15(21)18-13-3-2-12(16)8-11(13)9-17/h2-3,8,10H,4-7H2,1H3,(H,18,21). The van der Waals surface area contributed by atoms with Gasteiger partial charge in [-0.2, -0.15) is 5.26 Å². The fraction of sp³-hybridized carbons (Fsp3) is 0.400. The Kier molecular flexibility index (Phi) is 4.94. The van der Waals surface area contributed by atoms with Crippen molar-refractivity contribution in [3.63, 3.8) is 0 Å². The molecule has 1 saturated heterocycles. The number of nitrogens with zero attached hydrogens (tertiary/aromatic N) is 2. The van der Waals surface area contributed by atoms with Crippen molar-refractivity contribution < 1.29 is 18.7 Å². The highest BCUT2D eigenvalue weighted by Gasteiger charge is 2.28. The molecule has 1 aromatic carbocycles. The van der Waals surface area contributed by atoms with Crippen LogP contribution >= 0.6 is 0 Å². The molecule has 7 heteroatoms. The van der Waals surface area contributed by atoms with Gasteiger partial charge in [0.05, 0.1) is 24.3 Å². The number of carbonyl (C=O) groups is 2. The largest absolute Gasteiger partial charge is 0.469 e. The van der Waals surface area contributed by atoms with Crippen LogP contribution in [0, 0.1) is 23.1 Å². The molecule has 2 rings (SSSR count). The minimum Gasteiger partial charge on any atom is -0.469 e. The second kappa shape index (κ2) is 6.89. The molecule has 1 aliphatic heterocycles. The molecule has 0 aliphatic carbocycles. The summed E-state index contributed by atoms with van der Waals surface area (Å²) >= 11 is 0. The zero-order chi connectivity index (χ0) is 16.1. The van der Waals surface area contributed by atoms with E-state index in [1.54, 1.807) is 4.90 Å². The topological polar surface area (TPSA) is 82.4 Å². The summed E-state index contributed by atoms with van der Waals surface area (Å²) in [5.41, 5.74) is 0.335. The fourth-order valence-corrected chi connectivity index (χ4v) is 2.40. The van der Waals surface area contributed by atoms with Crippen molar-refractivity contribution >= 4 is 17.7 Å². The third kappa shape index (κ3) is 3.52. The number of rotatable bonds is 2. The van der Waals surface area contributed by atoms with Crippen molar-refractivity contribution in [3.05, 3.63) is 29.6 Å². The maximum atomic E-state index is 13.1. The summed E-state index contributed by atoms with van der Waals surface area (Å²) in [6, 6.07) is 5.07. The normalized spacial score (nSPS) is 15.0. The fourth-order valence-electron chi connectivity index (χ4n) is 2.40. The minimum absolute atomic E-state index is 0.0674. The Bertz CT molecular complexity index is 619. The summed E-state index contributed by atoms with van der Waals surface area (Å²) in [7, 11) is 1.35. The van der Waals surface area contributed by atoms with Crippen molar-refractivity contribution in [1.82, 2.24) is 4.90 Å². The molecule has 22 heavy (non-hydrogen) atoms. The number of hydrogen-bond donors (Lipinski definition) is 1. The summed E-state index contributed by atoms with van der Waals surface area (Å²) in [5.74, 6) is -0.978. The molecule has 0 saturated carbocycles. The number of nitriles is 1. The van der Waals surface area contributed by atoms with Gasteiger partial charge in [0.1, 0.15) is 11.9 Å². The molecule has 0 aromatic heterocycles. The predicted octanol–water partition coefficient (Wildman–Crippen LogP) is 2.11. The quantitative estimate of drug-likeness (QED) is 0.848. The second-order valence-corrected chi connectivity index (χ2v) is 5.02. The summed E-state index contributed by atoms with van der Waals surface area (Å²) < 4.78 is 17.8. The van der Waals surface area contributed by atoms with Gasteiger partial charge < -0.3 is 15.0 Å². The van der Waals surface area contributed by atoms with Crippen molar-refractivity contribution in [1.29, 1.82) is 5.26 Å². The first-order valence-electron chi connectivity index (χ1n) is 6.88. The number of hydrogen-bond acceptors (Lipinski definition) is 4. The van der Waals surface area contributed by atoms with Gasteiger partial charge in [0.15, 0.2) is 0 Å². The van der Waals surface area contributed by atoms with Crippen LogP contribution in [0.15, 0.2) is 18.2 Å². The Morgan fingerprint density at radius 2 is 2.09 bits per heavy atom. The number of ether oxygens (including phenoxy) is 1. The molecule has 1 aliphatic rings. The molecular weight excluding hydrogens is 289 g/mol. The van der Waals surface area contributed by atoms with E-state index < -0.39 is 5.82 Å². The van der Waals surface area contributed by atoms with E-state index >= 15 is 0 Å². The molecule has 0 unspecified atom stereocenters. The Hall–Kier alpha value is -2.62. The maximum Gasteiger partial charge on any atom is 0.321 e. The van der Waals surface area contributed by atoms with Crippen LogP contribution in [0.4, 0.5) is 14.9 Å². The molecule has 1 N–H and O–H groups in total. The van der Waals surface area contributed by atoms with Gasteiger partial charge in [-0.05, 0) is 31.0 Å². The lowest BCUT2D eigenvalue weighted by atomic mass is 9.97. The van der Waals surface area contributed by atoms with Crippen LogP contribution in [0.1, 0.15) is 18.4 Å². The van der Waals surface area contributed by atoms with E-state index in [0.717, 1.165) is 6.07 Å². The van der Waals surface area contributed by atoms with E-state index in [0.29, 0.717) is 25.9 Å². The Morgan fingerprint density at radius 1 is 1.41 bits per heavy atom. The molecule has 1 aromatic rings. The van der Waals surface area contributed by atoms with Crippen molar-refractivity contribution in [2.24, 2.45) is 5.92 Å². The van der Waals surface area contributed by atoms with Gasteiger partial charge in [0, 0.05) is 13.1 Å². The van der Waals surface area contributed by atoms with Gasteiger partial charge in [0.25, 0.3) is 0 Å². The smallest absolute Gasteiger partial charge is 0.321 e. The minimum atomic E-state index is -0.534. The third-order valence-electron chi connectivity index (χ3n) is 3.66. The number of likely N-dealkylation sites (tertiary alicyclic amines) is 1. The lowest BCUT2D eigenvalue weighted by Gasteiger charge is -2.30. The number of urea groups is 1. The molecule has 1 heterocycles. The van der Waals surface area contributed by atoms with Gasteiger partial charge in [-0.15, -0.1) is 0 Å². The zero-order valence-electron chi connectivity index (χ0n) is 12.1. The number of anilines is 1. The van der Waals surface area contributed by atoms with E-state index in [2.05, 4.69) is 5.32 Å². The lowest BCUT2D eigenvalue weighted by Crippen LogP contribution is -2.42. The van der Waals surface area contributed by atoms with Gasteiger partial charge in [-0.3, -0.25) is 4.79 Å². The van der Waals surface area contributed by atoms with E-state index in [-0.39, 0.29) is 29.2 Å². The van der Waals surface area contributed by atoms with Crippen LogP contribution in [0.2, 0.25) is 0 Å². The summed E-state index contributed by atoms with van der Waals surface area (Å²) in [5, 5.41) is 11.6. The molecule has 0 spiro atoms. The SMILES string of the molecule is COC(=O)C1CCN(C(=O)Nc2ccc(F)cc2C#N)CC1. The highest BCUT2D eigenvalue weighted by atomic mass is 19.1. The van der Waals surface area contributed by atoms with Crippen molar-refractivity contribution in [2.75, 3.05) is 25.5 Å². The Balaban J connectivity index is 1.97. The first kappa shape index (κ1) is 15.8. The highest BCUT2D eigenvalue weighted by molar-refractivity contribution is 5.91. The number of halogens is 1. The molecule has 0 atom stereocenters. The zero-order valence-corrected chi connectivity index (χ0v) is 12.1. The predicted molar refractivity (Wildman–Crippen MR) is 76.4 cm³/mol. The van der Waals surface area contributed by atoms with Crippen LogP contribution < -0.4 is 5.32 Å². The van der Waals surface area contributed by atoms with Crippen molar-refractivity contribution in [3.8, 4) is 6.07 Å². The van der Waals surface area contributed by atoms with E-state index in [9.17, 15) is 14.0 Å². The van der Waals surface area contributed by atoms with Crippen LogP contribution in [-0.4, -0.2) is 37.1 Å². The van der Waals surface area contributed by atoms with Gasteiger partial charge in [-0.1, -0.05) is 0 Å². The van der Waals surface area contributed by atoms with Gasteiger partial charge >= 0.3 is 12.0 Å². The number of nitrogens with one attached hydrogen (secondary N) is 1. The van der Waals surface area contributed by atoms with Crippen LogP contribution in [0.3, 0.4) is 0 Å². The monoisotopic (exact) mass is 305 g/mol. The summed E-state index contributed by atoms with van der Waals surface area (Å²) in [6.45, 7) is 0.851. The van der Waals surface area contributed by atoms with Gasteiger partial charge in [-0.25, -0.2) is 9.18 Å². The Labute approximate surface area is 127 Å². The number of carbonyl (C=O) groups excluding carboxylic acids is 2. The molecule has 6 nitrogen and oxygen atoms in total. The lowest BCUT2D eigenvalue weighted by molar-refractivity contribution is -0.146. The molecule has 2 amide bonds. The molecule has 1 fully saturated rings. The highest BCUT2D eigenvalue weighted by Crippen LogP contribution is 2.21. The van der Waals surface area contributed by atoms with E-state index in [1.165, 1.54) is 19.2 Å². The van der Waals surface area contributed by atoms with Crippen LogP contribution in [0.5, 0.6) is 0 Å². The maximum absolute atomic E-state index is 13.1. The number of methoxy groups -OCH3 is 1. The summed E-state index contributed by atoms with van der Waals surface area (Å²) in [6.07, 6.45) is 1.07. The van der Waals surface area contributed by atoms with Crippen LogP contribution in [-0.2, 0) is 9.53 Å². The average Bonchev–Trinajstić information content (AvgIpc) is 2.55.